The number of oxime groups is 2. The number of methoxy groups -OCH3 is 1. The van der Waals surface area contributed by atoms with E-state index < -0.39 is 17.7 Å². The molecule has 166 valence electrons. The van der Waals surface area contributed by atoms with E-state index in [9.17, 15) is 18.0 Å². The number of carbonyl (C=O) groups is 1. The van der Waals surface area contributed by atoms with Crippen LogP contribution in [-0.4, -0.2) is 31.6 Å². The summed E-state index contributed by atoms with van der Waals surface area (Å²) >= 11 is 1.82. The number of carbonyl (C=O) groups excluding carboxylic acids is 1. The fraction of sp³-hybridized carbons (Fsp3) is 0.286. The van der Waals surface area contributed by atoms with Gasteiger partial charge in [0, 0.05) is 20.3 Å². The Kier molecular flexibility index (Phi) is 8.43. The quantitative estimate of drug-likeness (QED) is 0.210. The third-order valence-corrected chi connectivity index (χ3v) is 4.98. The maximum absolute atomic E-state index is 13.4. The van der Waals surface area contributed by atoms with Gasteiger partial charge in [-0.1, -0.05) is 34.6 Å². The molecule has 0 amide bonds. The fourth-order valence-corrected chi connectivity index (χ4v) is 3.30. The first-order valence-corrected chi connectivity index (χ1v) is 10.00. The van der Waals surface area contributed by atoms with E-state index in [2.05, 4.69) is 10.3 Å². The Morgan fingerprint density at radius 3 is 2.42 bits per heavy atom. The third kappa shape index (κ3) is 6.18. The monoisotopic (exact) mass is 548 g/mol. The highest BCUT2D eigenvalue weighted by Gasteiger charge is 2.34. The van der Waals surface area contributed by atoms with Crippen LogP contribution in [0, 0.1) is 10.5 Å². The molecule has 0 spiro atoms. The molecular formula is C21H20F3IN2O4. The van der Waals surface area contributed by atoms with Gasteiger partial charge in [0.2, 0.25) is 0 Å². The second kappa shape index (κ2) is 10.6. The Balaban J connectivity index is 2.36. The molecular weight excluding hydrogens is 528 g/mol. The van der Waals surface area contributed by atoms with Gasteiger partial charge in [-0.2, -0.15) is 13.2 Å². The van der Waals surface area contributed by atoms with Gasteiger partial charge in [-0.15, -0.1) is 0 Å². The lowest BCUT2D eigenvalue weighted by Gasteiger charge is -2.14. The number of hydrogen-bond acceptors (Lipinski definition) is 6. The molecule has 0 heterocycles. The van der Waals surface area contributed by atoms with E-state index in [0.717, 1.165) is 11.6 Å². The highest BCUT2D eigenvalue weighted by molar-refractivity contribution is 14.1. The number of alkyl halides is 3. The van der Waals surface area contributed by atoms with Crippen molar-refractivity contribution in [2.24, 2.45) is 10.3 Å². The zero-order valence-electron chi connectivity index (χ0n) is 17.2. The highest BCUT2D eigenvalue weighted by Crippen LogP contribution is 2.33. The van der Waals surface area contributed by atoms with Gasteiger partial charge in [-0.25, -0.2) is 4.79 Å². The van der Waals surface area contributed by atoms with E-state index in [4.69, 9.17) is 14.4 Å². The van der Waals surface area contributed by atoms with Crippen molar-refractivity contribution in [3.63, 3.8) is 0 Å². The normalized spacial score (nSPS) is 12.5. The summed E-state index contributed by atoms with van der Waals surface area (Å²) in [6.07, 6.45) is -4.53. The number of rotatable bonds is 7. The van der Waals surface area contributed by atoms with Crippen LogP contribution in [0.4, 0.5) is 13.2 Å². The zero-order chi connectivity index (χ0) is 23.2. The van der Waals surface area contributed by atoms with Crippen LogP contribution in [-0.2, 0) is 32.0 Å². The first kappa shape index (κ1) is 24.6. The summed E-state index contributed by atoms with van der Waals surface area (Å²) in [5.74, 6) is -0.706. The lowest BCUT2D eigenvalue weighted by Crippen LogP contribution is -2.20. The molecule has 0 aliphatic carbocycles. The molecule has 6 nitrogen and oxygen atoms in total. The summed E-state index contributed by atoms with van der Waals surface area (Å²) in [7, 11) is 2.51. The van der Waals surface area contributed by atoms with E-state index in [1.165, 1.54) is 27.2 Å². The van der Waals surface area contributed by atoms with Crippen LogP contribution >= 0.6 is 22.6 Å². The maximum atomic E-state index is 13.4. The average molecular weight is 548 g/mol. The molecule has 0 aliphatic rings. The van der Waals surface area contributed by atoms with Crippen LogP contribution in [0.15, 0.2) is 46.7 Å². The van der Waals surface area contributed by atoms with E-state index in [1.54, 1.807) is 31.2 Å². The second-order valence-electron chi connectivity index (χ2n) is 6.35. The number of esters is 1. The Morgan fingerprint density at radius 1 is 1.10 bits per heavy atom. The first-order chi connectivity index (χ1) is 14.6. The molecule has 0 saturated carbocycles. The molecule has 0 atom stereocenters. The van der Waals surface area contributed by atoms with Gasteiger partial charge in [0.25, 0.3) is 0 Å². The molecule has 0 fully saturated rings. The number of ether oxygens (including phenoxy) is 1. The van der Waals surface area contributed by atoms with Crippen molar-refractivity contribution < 1.29 is 32.4 Å². The summed E-state index contributed by atoms with van der Waals surface area (Å²) in [4.78, 5) is 22.2. The van der Waals surface area contributed by atoms with Gasteiger partial charge in [0.1, 0.15) is 13.7 Å². The van der Waals surface area contributed by atoms with Crippen LogP contribution < -0.4 is 0 Å². The number of hydrogen-bond donors (Lipinski definition) is 0. The average Bonchev–Trinajstić information content (AvgIpc) is 2.72. The Morgan fingerprint density at radius 2 is 1.81 bits per heavy atom. The lowest BCUT2D eigenvalue weighted by molar-refractivity contribution is -0.137. The van der Waals surface area contributed by atoms with Crippen LogP contribution in [0.25, 0.3) is 0 Å². The molecule has 0 aromatic heterocycles. The van der Waals surface area contributed by atoms with Gasteiger partial charge < -0.3 is 14.4 Å². The number of nitrogens with zero attached hydrogens (tertiary/aromatic N) is 2. The van der Waals surface area contributed by atoms with Crippen molar-refractivity contribution in [1.29, 1.82) is 0 Å². The van der Waals surface area contributed by atoms with Crippen molar-refractivity contribution in [3.8, 4) is 0 Å². The van der Waals surface area contributed by atoms with E-state index in [1.807, 2.05) is 22.6 Å². The minimum absolute atomic E-state index is 0.0648. The van der Waals surface area contributed by atoms with Gasteiger partial charge in [-0.3, -0.25) is 0 Å². The van der Waals surface area contributed by atoms with Crippen molar-refractivity contribution in [1.82, 2.24) is 0 Å². The minimum Gasteiger partial charge on any atom is -0.464 e. The van der Waals surface area contributed by atoms with Gasteiger partial charge in [0.15, 0.2) is 5.71 Å². The van der Waals surface area contributed by atoms with Crippen LogP contribution in [0.5, 0.6) is 0 Å². The highest BCUT2D eigenvalue weighted by atomic mass is 127. The SMILES string of the molecule is CO/N=C(/C(=O)OC)c1cccc(C)c1CO/N=C(\C)c1ccc(I)cc1C(F)(F)F. The summed E-state index contributed by atoms with van der Waals surface area (Å²) in [5.41, 5.74) is 0.881. The molecule has 31 heavy (non-hydrogen) atoms. The zero-order valence-corrected chi connectivity index (χ0v) is 19.4. The molecule has 0 radical (unpaired) electrons. The molecule has 10 heteroatoms. The number of benzene rings is 2. The van der Waals surface area contributed by atoms with Gasteiger partial charge in [0.05, 0.1) is 18.4 Å². The lowest BCUT2D eigenvalue weighted by atomic mass is 9.99. The van der Waals surface area contributed by atoms with Gasteiger partial charge in [-0.05, 0) is 54.1 Å². The van der Waals surface area contributed by atoms with Crippen molar-refractivity contribution in [3.05, 3.63) is 67.8 Å². The Hall–Kier alpha value is -2.63. The smallest absolute Gasteiger partial charge is 0.417 e. The standard InChI is InChI=1S/C21H20F3IN2O4/c1-12-6-5-7-16(19(27-30-4)20(28)29-3)17(12)11-31-26-13(2)15-9-8-14(25)10-18(15)21(22,23)24/h5-10H,11H2,1-4H3/b26-13+,27-19+. The van der Waals surface area contributed by atoms with E-state index in [-0.39, 0.29) is 23.6 Å². The second-order valence-corrected chi connectivity index (χ2v) is 7.60. The summed E-state index contributed by atoms with van der Waals surface area (Å²) in [6, 6.07) is 9.12. The molecule has 0 bridgehead atoms. The largest absolute Gasteiger partial charge is 0.464 e. The molecule has 2 aromatic rings. The first-order valence-electron chi connectivity index (χ1n) is 8.92. The van der Waals surface area contributed by atoms with Crippen LogP contribution in [0.1, 0.15) is 34.7 Å². The topological polar surface area (TPSA) is 69.5 Å². The summed E-state index contributed by atoms with van der Waals surface area (Å²) < 4.78 is 45.4. The predicted molar refractivity (Wildman–Crippen MR) is 118 cm³/mol. The molecule has 2 rings (SSSR count). The third-order valence-electron chi connectivity index (χ3n) is 4.31. The molecule has 0 unspecified atom stereocenters. The van der Waals surface area contributed by atoms with E-state index in [0.29, 0.717) is 14.7 Å². The molecule has 0 aliphatic heterocycles. The molecule has 0 saturated heterocycles. The molecule has 2 aromatic carbocycles. The summed E-state index contributed by atoms with van der Waals surface area (Å²) in [6.45, 7) is 3.12. The number of halogens is 4. The molecule has 0 N–H and O–H groups in total. The minimum atomic E-state index is -4.53. The maximum Gasteiger partial charge on any atom is 0.417 e. The Bertz CT molecular complexity index is 1020. The summed E-state index contributed by atoms with van der Waals surface area (Å²) in [5, 5.41) is 7.60. The predicted octanol–water partition coefficient (Wildman–Crippen LogP) is 5.08. The Labute approximate surface area is 191 Å². The van der Waals surface area contributed by atoms with Crippen molar-refractivity contribution >= 4 is 40.0 Å². The van der Waals surface area contributed by atoms with Crippen molar-refractivity contribution in [2.45, 2.75) is 26.6 Å². The number of aryl methyl sites for hydroxylation is 1. The fourth-order valence-electron chi connectivity index (χ4n) is 2.81. The van der Waals surface area contributed by atoms with Crippen LogP contribution in [0.3, 0.4) is 0 Å². The van der Waals surface area contributed by atoms with Crippen molar-refractivity contribution in [2.75, 3.05) is 14.2 Å². The van der Waals surface area contributed by atoms with E-state index >= 15 is 0 Å². The van der Waals surface area contributed by atoms with Crippen LogP contribution in [0.2, 0.25) is 0 Å². The van der Waals surface area contributed by atoms with Gasteiger partial charge >= 0.3 is 12.1 Å².